The fourth-order valence-corrected chi connectivity index (χ4v) is 3.77. The first-order chi connectivity index (χ1) is 13.6. The standard InChI is InChI=1S/C18H32NO10P/c1-12(2)27-16(22)24-11-26-30(23)25-10-18(6,7)14(29-30)15(21)19-9-8-13(20)28-17(3,4)5/h12,14,23H,8-11H2,1-7H3/p+1/t14-,30?/m0/s1. The van der Waals surface area contributed by atoms with Crippen LogP contribution in [-0.2, 0) is 37.4 Å². The van der Waals surface area contributed by atoms with E-state index < -0.39 is 50.1 Å². The van der Waals surface area contributed by atoms with Gasteiger partial charge in [-0.05, 0) is 34.6 Å². The topological polar surface area (TPSA) is 139 Å². The second-order valence-electron chi connectivity index (χ2n) is 8.65. The van der Waals surface area contributed by atoms with Crippen LogP contribution in [0.3, 0.4) is 0 Å². The Bertz CT molecular complexity index is 619. The molecule has 0 aromatic carbocycles. The van der Waals surface area contributed by atoms with Gasteiger partial charge in [0.05, 0.1) is 12.5 Å². The van der Waals surface area contributed by atoms with Crippen molar-refractivity contribution < 1.29 is 47.1 Å². The predicted molar refractivity (Wildman–Crippen MR) is 106 cm³/mol. The summed E-state index contributed by atoms with van der Waals surface area (Å²) in [5.41, 5.74) is -1.40. The lowest BCUT2D eigenvalue weighted by atomic mass is 9.87. The number of hydrogen-bond acceptors (Lipinski definition) is 10. The number of esters is 1. The lowest BCUT2D eigenvalue weighted by molar-refractivity contribution is -0.155. The van der Waals surface area contributed by atoms with Crippen LogP contribution in [0.4, 0.5) is 4.79 Å². The summed E-state index contributed by atoms with van der Waals surface area (Å²) < 4.78 is 30.3. The fourth-order valence-electron chi connectivity index (χ4n) is 2.24. The highest BCUT2D eigenvalue weighted by Gasteiger charge is 2.59. The van der Waals surface area contributed by atoms with Crippen LogP contribution in [0.25, 0.3) is 0 Å². The van der Waals surface area contributed by atoms with Crippen molar-refractivity contribution in [2.24, 2.45) is 5.41 Å². The van der Waals surface area contributed by atoms with Crippen LogP contribution in [0.2, 0.25) is 0 Å². The van der Waals surface area contributed by atoms with Gasteiger partial charge in [0.15, 0.2) is 6.10 Å². The number of carbonyl (C=O) groups is 3. The smallest absolute Gasteiger partial charge is 0.460 e. The van der Waals surface area contributed by atoms with E-state index in [9.17, 15) is 19.3 Å². The molecular formula is C18H33NO10P+. The van der Waals surface area contributed by atoms with Crippen LogP contribution >= 0.6 is 8.17 Å². The summed E-state index contributed by atoms with van der Waals surface area (Å²) in [6.45, 7) is 11.3. The highest BCUT2D eigenvalue weighted by molar-refractivity contribution is 7.55. The maximum atomic E-state index is 12.6. The van der Waals surface area contributed by atoms with Crippen molar-refractivity contribution in [2.45, 2.75) is 72.7 Å². The van der Waals surface area contributed by atoms with Crippen LogP contribution in [0.15, 0.2) is 0 Å². The van der Waals surface area contributed by atoms with E-state index >= 15 is 0 Å². The highest BCUT2D eigenvalue weighted by Crippen LogP contribution is 2.63. The van der Waals surface area contributed by atoms with E-state index in [1.165, 1.54) is 0 Å². The van der Waals surface area contributed by atoms with E-state index in [0.717, 1.165) is 0 Å². The van der Waals surface area contributed by atoms with Crippen molar-refractivity contribution in [3.63, 3.8) is 0 Å². The van der Waals surface area contributed by atoms with Gasteiger partial charge >= 0.3 is 20.3 Å². The minimum atomic E-state index is -3.91. The van der Waals surface area contributed by atoms with Gasteiger partial charge in [0.2, 0.25) is 6.79 Å². The van der Waals surface area contributed by atoms with Gasteiger partial charge in [0.25, 0.3) is 5.91 Å². The van der Waals surface area contributed by atoms with Gasteiger partial charge in [0, 0.05) is 12.0 Å². The molecule has 0 aromatic heterocycles. The quantitative estimate of drug-likeness (QED) is 0.319. The zero-order valence-electron chi connectivity index (χ0n) is 18.6. The van der Waals surface area contributed by atoms with Crippen molar-refractivity contribution in [1.29, 1.82) is 0 Å². The van der Waals surface area contributed by atoms with Gasteiger partial charge in [0.1, 0.15) is 12.2 Å². The van der Waals surface area contributed by atoms with Gasteiger partial charge in [-0.1, -0.05) is 13.8 Å². The van der Waals surface area contributed by atoms with Crippen LogP contribution in [0.1, 0.15) is 54.9 Å². The number of ether oxygens (including phenoxy) is 3. The molecule has 0 bridgehead atoms. The molecule has 0 aromatic rings. The maximum Gasteiger partial charge on any atom is 0.576 e. The summed E-state index contributed by atoms with van der Waals surface area (Å²) in [7, 11) is -3.91. The predicted octanol–water partition coefficient (Wildman–Crippen LogP) is 2.48. The molecule has 0 aliphatic carbocycles. The molecule has 2 N–H and O–H groups in total. The second kappa shape index (κ2) is 10.7. The first-order valence-corrected chi connectivity index (χ1v) is 11.1. The van der Waals surface area contributed by atoms with Crippen LogP contribution < -0.4 is 5.32 Å². The van der Waals surface area contributed by atoms with E-state index in [2.05, 4.69) is 10.1 Å². The third kappa shape index (κ3) is 9.53. The van der Waals surface area contributed by atoms with E-state index in [0.29, 0.717) is 0 Å². The van der Waals surface area contributed by atoms with E-state index in [1.54, 1.807) is 48.5 Å². The minimum absolute atomic E-state index is 0.0195. The van der Waals surface area contributed by atoms with E-state index in [4.69, 9.17) is 23.0 Å². The van der Waals surface area contributed by atoms with E-state index in [-0.39, 0.29) is 25.7 Å². The molecule has 0 spiro atoms. The Hall–Kier alpha value is -1.52. The monoisotopic (exact) mass is 454 g/mol. The summed E-state index contributed by atoms with van der Waals surface area (Å²) in [6.07, 6.45) is -2.50. The Balaban J connectivity index is 2.57. The zero-order chi connectivity index (χ0) is 23.2. The third-order valence-corrected chi connectivity index (χ3v) is 4.92. The molecule has 1 aliphatic rings. The number of nitrogens with one attached hydrogen (secondary N) is 1. The van der Waals surface area contributed by atoms with Gasteiger partial charge in [-0.15, -0.1) is 9.05 Å². The SMILES string of the molecule is CC(C)OC(=O)OCO[P+]1(O)OCC(C)(C)[C@H](C(=O)NCCC(=O)OC(C)(C)C)O1. The fraction of sp³-hybridized carbons (Fsp3) is 0.833. The molecule has 0 saturated carbocycles. The van der Waals surface area contributed by atoms with Crippen molar-refractivity contribution >= 4 is 26.2 Å². The van der Waals surface area contributed by atoms with Crippen molar-refractivity contribution in [3.05, 3.63) is 0 Å². The third-order valence-electron chi connectivity index (χ3n) is 3.56. The van der Waals surface area contributed by atoms with Gasteiger partial charge in [-0.2, -0.15) is 9.42 Å². The lowest BCUT2D eigenvalue weighted by Crippen LogP contribution is -2.50. The summed E-state index contributed by atoms with van der Waals surface area (Å²) >= 11 is 0. The maximum absolute atomic E-state index is 12.6. The molecule has 1 saturated heterocycles. The average Bonchev–Trinajstić information content (AvgIpc) is 2.55. The molecule has 174 valence electrons. The Labute approximate surface area is 177 Å². The second-order valence-corrected chi connectivity index (χ2v) is 10.3. The molecule has 1 rings (SSSR count). The van der Waals surface area contributed by atoms with Crippen LogP contribution in [0, 0.1) is 5.41 Å². The Morgan fingerprint density at radius 3 is 2.47 bits per heavy atom. The van der Waals surface area contributed by atoms with Crippen molar-refractivity contribution in [2.75, 3.05) is 19.9 Å². The van der Waals surface area contributed by atoms with Gasteiger partial charge in [-0.25, -0.2) is 4.79 Å². The summed E-state index contributed by atoms with van der Waals surface area (Å²) in [4.78, 5) is 46.1. The summed E-state index contributed by atoms with van der Waals surface area (Å²) in [5, 5.41) is 2.58. The Morgan fingerprint density at radius 2 is 1.90 bits per heavy atom. The van der Waals surface area contributed by atoms with Crippen molar-refractivity contribution in [1.82, 2.24) is 5.32 Å². The first-order valence-electron chi connectivity index (χ1n) is 9.56. The molecule has 1 fully saturated rings. The summed E-state index contributed by atoms with van der Waals surface area (Å²) in [6, 6.07) is 0. The number of amides is 1. The lowest BCUT2D eigenvalue weighted by Gasteiger charge is -2.36. The molecule has 2 atom stereocenters. The number of hydrogen-bond donors (Lipinski definition) is 2. The normalized spacial score (nSPS) is 23.6. The zero-order valence-corrected chi connectivity index (χ0v) is 19.4. The largest absolute Gasteiger partial charge is 0.576 e. The van der Waals surface area contributed by atoms with Crippen molar-refractivity contribution in [3.8, 4) is 0 Å². The molecule has 1 heterocycles. The molecule has 12 heteroatoms. The molecule has 0 radical (unpaired) electrons. The first kappa shape index (κ1) is 26.5. The Kier molecular flexibility index (Phi) is 9.44. The van der Waals surface area contributed by atoms with Gasteiger partial charge in [-0.3, -0.25) is 9.59 Å². The highest BCUT2D eigenvalue weighted by atomic mass is 31.2. The Morgan fingerprint density at radius 1 is 1.27 bits per heavy atom. The molecule has 1 unspecified atom stereocenters. The number of carbonyl (C=O) groups excluding carboxylic acids is 3. The van der Waals surface area contributed by atoms with Crippen LogP contribution in [-0.4, -0.2) is 60.7 Å². The molecule has 1 aliphatic heterocycles. The summed E-state index contributed by atoms with van der Waals surface area (Å²) in [5.74, 6) is -0.998. The number of rotatable bonds is 8. The molecule has 1 amide bonds. The van der Waals surface area contributed by atoms with Gasteiger partial charge < -0.3 is 19.5 Å². The van der Waals surface area contributed by atoms with Crippen LogP contribution in [0.5, 0.6) is 0 Å². The molecule has 11 nitrogen and oxygen atoms in total. The molecule has 30 heavy (non-hydrogen) atoms. The average molecular weight is 454 g/mol. The minimum Gasteiger partial charge on any atom is -0.460 e. The molecular weight excluding hydrogens is 421 g/mol. The van der Waals surface area contributed by atoms with E-state index in [1.807, 2.05) is 0 Å².